The maximum Gasteiger partial charge on any atom is 0.407 e. The number of carbonyl (C=O) groups excluding carboxylic acids is 2. The lowest BCUT2D eigenvalue weighted by Crippen LogP contribution is -2.52. The first kappa shape index (κ1) is 24.8. The number of carbonyl (C=O) groups is 3. The first-order valence-corrected chi connectivity index (χ1v) is 12.5. The van der Waals surface area contributed by atoms with Crippen molar-refractivity contribution in [2.45, 2.75) is 51.5 Å². The largest absolute Gasteiger partial charge is 0.481 e. The Morgan fingerprint density at radius 1 is 1.06 bits per heavy atom. The number of amides is 2. The van der Waals surface area contributed by atoms with Crippen molar-refractivity contribution in [3.8, 4) is 11.1 Å². The second-order valence-electron chi connectivity index (χ2n) is 10.0. The van der Waals surface area contributed by atoms with E-state index in [9.17, 15) is 14.4 Å². The summed E-state index contributed by atoms with van der Waals surface area (Å²) in [7, 11) is 0. The Balaban J connectivity index is 1.40. The molecule has 4 rings (SSSR count). The topological polar surface area (TPSA) is 95.9 Å². The predicted molar refractivity (Wildman–Crippen MR) is 133 cm³/mol. The molecule has 0 aromatic heterocycles. The van der Waals surface area contributed by atoms with Gasteiger partial charge in [-0.25, -0.2) is 4.79 Å². The molecule has 0 radical (unpaired) electrons. The van der Waals surface area contributed by atoms with Crippen molar-refractivity contribution >= 4 is 18.0 Å². The summed E-state index contributed by atoms with van der Waals surface area (Å²) in [5.74, 6) is -0.926. The highest BCUT2D eigenvalue weighted by Gasteiger charge is 2.33. The van der Waals surface area contributed by atoms with Crippen LogP contribution in [0.3, 0.4) is 0 Å². The van der Waals surface area contributed by atoms with Crippen molar-refractivity contribution in [3.63, 3.8) is 0 Å². The van der Waals surface area contributed by atoms with Crippen molar-refractivity contribution in [2.24, 2.45) is 11.8 Å². The van der Waals surface area contributed by atoms with E-state index in [0.29, 0.717) is 19.5 Å². The van der Waals surface area contributed by atoms with Gasteiger partial charge in [-0.1, -0.05) is 62.4 Å². The van der Waals surface area contributed by atoms with Gasteiger partial charge in [-0.15, -0.1) is 0 Å². The zero-order valence-corrected chi connectivity index (χ0v) is 20.4. The molecule has 2 atom stereocenters. The zero-order chi connectivity index (χ0) is 24.9. The van der Waals surface area contributed by atoms with Crippen LogP contribution < -0.4 is 5.32 Å². The summed E-state index contributed by atoms with van der Waals surface area (Å²) in [5.41, 5.74) is 4.58. The molecule has 0 bridgehead atoms. The van der Waals surface area contributed by atoms with Crippen LogP contribution in [0, 0.1) is 11.8 Å². The molecule has 186 valence electrons. The Kier molecular flexibility index (Phi) is 7.73. The number of aliphatic carboxylic acids is 1. The molecule has 2 aromatic rings. The molecule has 1 aliphatic heterocycles. The fourth-order valence-corrected chi connectivity index (χ4v) is 5.37. The summed E-state index contributed by atoms with van der Waals surface area (Å²) >= 11 is 0. The Morgan fingerprint density at radius 3 is 2.29 bits per heavy atom. The minimum Gasteiger partial charge on any atom is -0.481 e. The van der Waals surface area contributed by atoms with E-state index in [0.717, 1.165) is 35.1 Å². The van der Waals surface area contributed by atoms with Crippen LogP contribution in [-0.2, 0) is 14.3 Å². The number of hydrogen-bond acceptors (Lipinski definition) is 4. The summed E-state index contributed by atoms with van der Waals surface area (Å²) in [6.45, 7) is 5.18. The lowest BCUT2D eigenvalue weighted by Gasteiger charge is -2.35. The first-order chi connectivity index (χ1) is 16.8. The van der Waals surface area contributed by atoms with Crippen LogP contribution in [0.2, 0.25) is 0 Å². The number of fused-ring (bicyclic) bond motifs is 3. The maximum absolute atomic E-state index is 13.3. The maximum atomic E-state index is 13.3. The highest BCUT2D eigenvalue weighted by atomic mass is 16.5. The van der Waals surface area contributed by atoms with Gasteiger partial charge in [-0.2, -0.15) is 0 Å². The Morgan fingerprint density at radius 2 is 1.69 bits per heavy atom. The lowest BCUT2D eigenvalue weighted by molar-refractivity contribution is -0.141. The Labute approximate surface area is 206 Å². The van der Waals surface area contributed by atoms with E-state index in [1.54, 1.807) is 4.90 Å². The highest BCUT2D eigenvalue weighted by Crippen LogP contribution is 2.44. The third-order valence-electron chi connectivity index (χ3n) is 6.93. The quantitative estimate of drug-likeness (QED) is 0.576. The van der Waals surface area contributed by atoms with Crippen molar-refractivity contribution in [3.05, 3.63) is 59.7 Å². The van der Waals surface area contributed by atoms with E-state index in [2.05, 4.69) is 29.6 Å². The van der Waals surface area contributed by atoms with Gasteiger partial charge in [0.1, 0.15) is 12.6 Å². The number of piperidine rings is 1. The number of benzene rings is 2. The van der Waals surface area contributed by atoms with Gasteiger partial charge in [-0.3, -0.25) is 9.59 Å². The Bertz CT molecular complexity index is 1040. The van der Waals surface area contributed by atoms with E-state index in [4.69, 9.17) is 9.84 Å². The number of likely N-dealkylation sites (tertiary alicyclic amines) is 1. The first-order valence-electron chi connectivity index (χ1n) is 12.5. The van der Waals surface area contributed by atoms with E-state index in [-0.39, 0.29) is 36.7 Å². The number of carboxylic acids is 1. The number of nitrogens with one attached hydrogen (secondary N) is 1. The fraction of sp³-hybridized carbons (Fsp3) is 0.464. The van der Waals surface area contributed by atoms with Crippen molar-refractivity contribution < 1.29 is 24.2 Å². The molecule has 2 amide bonds. The minimum absolute atomic E-state index is 0.0497. The van der Waals surface area contributed by atoms with Crippen LogP contribution in [0.5, 0.6) is 0 Å². The van der Waals surface area contributed by atoms with Crippen LogP contribution in [0.15, 0.2) is 48.5 Å². The molecule has 35 heavy (non-hydrogen) atoms. The predicted octanol–water partition coefficient (Wildman–Crippen LogP) is 4.65. The van der Waals surface area contributed by atoms with Gasteiger partial charge in [-0.05, 0) is 53.4 Å². The lowest BCUT2D eigenvalue weighted by atomic mass is 9.93. The number of carboxylic acid groups (broad SMARTS) is 1. The molecule has 1 fully saturated rings. The van der Waals surface area contributed by atoms with E-state index < -0.39 is 18.1 Å². The average molecular weight is 479 g/mol. The van der Waals surface area contributed by atoms with Crippen molar-refractivity contribution in [1.29, 1.82) is 0 Å². The van der Waals surface area contributed by atoms with Gasteiger partial charge in [0.25, 0.3) is 0 Å². The molecule has 1 heterocycles. The van der Waals surface area contributed by atoms with Gasteiger partial charge in [0.05, 0.1) is 0 Å². The molecule has 7 nitrogen and oxygen atoms in total. The van der Waals surface area contributed by atoms with Crippen LogP contribution in [0.1, 0.15) is 56.6 Å². The molecule has 1 unspecified atom stereocenters. The molecular weight excluding hydrogens is 444 g/mol. The number of alkyl carbamates (subject to hydrolysis) is 1. The Hall–Kier alpha value is -3.35. The SMILES string of the molecule is CC(C)C[C@@H](NC(=O)OCC1c2ccccc2-c2ccccc21)C(=O)N1CCCC(CC(=O)O)C1. The van der Waals surface area contributed by atoms with Gasteiger partial charge in [0, 0.05) is 25.4 Å². The molecule has 2 aliphatic rings. The summed E-state index contributed by atoms with van der Waals surface area (Å²) in [5, 5.41) is 11.9. The second kappa shape index (κ2) is 10.9. The molecular formula is C28H34N2O5. The van der Waals surface area contributed by atoms with Gasteiger partial charge in [0.2, 0.25) is 5.91 Å². The third-order valence-corrected chi connectivity index (χ3v) is 6.93. The van der Waals surface area contributed by atoms with E-state index in [1.807, 2.05) is 38.1 Å². The number of rotatable bonds is 8. The number of ether oxygens (including phenoxy) is 1. The molecule has 0 spiro atoms. The molecule has 2 N–H and O–H groups in total. The van der Waals surface area contributed by atoms with Crippen LogP contribution in [0.25, 0.3) is 11.1 Å². The monoisotopic (exact) mass is 478 g/mol. The summed E-state index contributed by atoms with van der Waals surface area (Å²) in [6.07, 6.45) is 1.50. The number of hydrogen-bond donors (Lipinski definition) is 2. The van der Waals surface area contributed by atoms with Crippen molar-refractivity contribution in [2.75, 3.05) is 19.7 Å². The molecule has 1 saturated heterocycles. The van der Waals surface area contributed by atoms with Crippen molar-refractivity contribution in [1.82, 2.24) is 10.2 Å². The van der Waals surface area contributed by atoms with Gasteiger partial charge >= 0.3 is 12.1 Å². The summed E-state index contributed by atoms with van der Waals surface area (Å²) in [6, 6.07) is 15.6. The smallest absolute Gasteiger partial charge is 0.407 e. The van der Waals surface area contributed by atoms with Crippen LogP contribution >= 0.6 is 0 Å². The van der Waals surface area contributed by atoms with E-state index in [1.165, 1.54) is 0 Å². The third kappa shape index (κ3) is 5.84. The van der Waals surface area contributed by atoms with Gasteiger partial charge in [0.15, 0.2) is 0 Å². The van der Waals surface area contributed by atoms with Crippen LogP contribution in [-0.4, -0.2) is 53.7 Å². The summed E-state index contributed by atoms with van der Waals surface area (Å²) < 4.78 is 5.66. The zero-order valence-electron chi connectivity index (χ0n) is 20.4. The van der Waals surface area contributed by atoms with E-state index >= 15 is 0 Å². The second-order valence-corrected chi connectivity index (χ2v) is 10.0. The summed E-state index contributed by atoms with van der Waals surface area (Å²) in [4.78, 5) is 39.0. The normalized spacial score (nSPS) is 18.0. The average Bonchev–Trinajstić information content (AvgIpc) is 3.15. The van der Waals surface area contributed by atoms with Gasteiger partial charge < -0.3 is 20.1 Å². The number of nitrogens with zero attached hydrogens (tertiary/aromatic N) is 1. The molecule has 2 aromatic carbocycles. The van der Waals surface area contributed by atoms with Crippen LogP contribution in [0.4, 0.5) is 4.79 Å². The molecule has 1 aliphatic carbocycles. The minimum atomic E-state index is -0.847. The molecule has 0 saturated carbocycles. The highest BCUT2D eigenvalue weighted by molar-refractivity contribution is 5.86. The standard InChI is InChI=1S/C28H34N2O5/c1-18(2)14-25(27(33)30-13-7-8-19(16-30)15-26(31)32)29-28(34)35-17-24-22-11-5-3-9-20(22)21-10-4-6-12-23(21)24/h3-6,9-12,18-19,24-25H,7-8,13-17H2,1-2H3,(H,29,34)(H,31,32)/t19?,25-/m1/s1. The molecule has 7 heteroatoms. The fourth-order valence-electron chi connectivity index (χ4n) is 5.37.